The Hall–Kier alpha value is -3.38. The van der Waals surface area contributed by atoms with Gasteiger partial charge in [0.25, 0.3) is 0 Å². The van der Waals surface area contributed by atoms with Gasteiger partial charge < -0.3 is 14.7 Å². The number of nitrogens with zero attached hydrogens (tertiary/aromatic N) is 5. The van der Waals surface area contributed by atoms with Crippen LogP contribution in [0.4, 0.5) is 13.6 Å². The minimum atomic E-state index is -0.492. The van der Waals surface area contributed by atoms with E-state index in [9.17, 15) is 14.0 Å². The number of nitriles is 1. The lowest BCUT2D eigenvalue weighted by Gasteiger charge is -2.41. The molecule has 5 rings (SSSR count). The molecule has 0 bridgehead atoms. The molecular formula is C34H43F2N5O2. The van der Waals surface area contributed by atoms with Crippen LogP contribution in [0.25, 0.3) is 0 Å². The highest BCUT2D eigenvalue weighted by Gasteiger charge is 2.46. The van der Waals surface area contributed by atoms with Crippen LogP contribution in [-0.2, 0) is 0 Å². The van der Waals surface area contributed by atoms with E-state index >= 15 is 4.39 Å². The lowest BCUT2D eigenvalue weighted by molar-refractivity contribution is 0.0874. The van der Waals surface area contributed by atoms with E-state index in [1.165, 1.54) is 18.6 Å². The first-order valence-corrected chi connectivity index (χ1v) is 15.9. The van der Waals surface area contributed by atoms with Crippen LogP contribution in [0.2, 0.25) is 0 Å². The van der Waals surface area contributed by atoms with E-state index in [1.54, 1.807) is 13.0 Å². The number of hydrogen-bond acceptors (Lipinski definition) is 5. The Balaban J connectivity index is 1.20. The number of ketones is 1. The van der Waals surface area contributed by atoms with Crippen molar-refractivity contribution >= 4 is 11.8 Å². The Morgan fingerprint density at radius 1 is 1.07 bits per heavy atom. The average Bonchev–Trinajstić information content (AvgIpc) is 3.34. The van der Waals surface area contributed by atoms with Crippen molar-refractivity contribution in [2.24, 2.45) is 0 Å². The van der Waals surface area contributed by atoms with Gasteiger partial charge in [0.1, 0.15) is 23.4 Å². The molecular weight excluding hydrogens is 548 g/mol. The number of aryl methyl sites for hydroxylation is 2. The van der Waals surface area contributed by atoms with E-state index in [2.05, 4.69) is 16.8 Å². The minimum absolute atomic E-state index is 0.0337. The summed E-state index contributed by atoms with van der Waals surface area (Å²) in [4.78, 5) is 37.3. The third-order valence-corrected chi connectivity index (χ3v) is 9.84. The number of carbonyl (C=O) groups is 2. The first-order chi connectivity index (χ1) is 20.7. The topological polar surface area (TPSA) is 80.5 Å². The highest BCUT2D eigenvalue weighted by atomic mass is 19.1. The van der Waals surface area contributed by atoms with E-state index < -0.39 is 17.7 Å². The zero-order chi connectivity index (χ0) is 30.7. The number of pyridine rings is 1. The summed E-state index contributed by atoms with van der Waals surface area (Å²) in [5, 5.41) is 9.13. The fourth-order valence-corrected chi connectivity index (χ4v) is 7.54. The zero-order valence-electron chi connectivity index (χ0n) is 25.6. The van der Waals surface area contributed by atoms with Crippen LogP contribution in [0.1, 0.15) is 110 Å². The molecule has 1 aliphatic carbocycles. The van der Waals surface area contributed by atoms with E-state index in [-0.39, 0.29) is 35.5 Å². The van der Waals surface area contributed by atoms with E-state index in [1.807, 2.05) is 22.8 Å². The van der Waals surface area contributed by atoms with Gasteiger partial charge in [-0.25, -0.2) is 18.6 Å². The summed E-state index contributed by atoms with van der Waals surface area (Å²) < 4.78 is 29.3. The normalized spacial score (nSPS) is 21.3. The van der Waals surface area contributed by atoms with Gasteiger partial charge in [-0.3, -0.25) is 4.79 Å². The third kappa shape index (κ3) is 6.75. The van der Waals surface area contributed by atoms with Crippen LogP contribution in [0, 0.1) is 36.8 Å². The fourth-order valence-electron chi connectivity index (χ4n) is 7.54. The maximum absolute atomic E-state index is 15.0. The summed E-state index contributed by atoms with van der Waals surface area (Å²) in [5.41, 5.74) is 2.61. The van der Waals surface area contributed by atoms with Gasteiger partial charge in [0.15, 0.2) is 5.78 Å². The molecule has 7 nitrogen and oxygen atoms in total. The fraction of sp³-hybridized carbons (Fsp3) is 0.588. The summed E-state index contributed by atoms with van der Waals surface area (Å²) in [6.45, 7) is 7.83. The van der Waals surface area contributed by atoms with Gasteiger partial charge >= 0.3 is 6.03 Å². The largest absolute Gasteiger partial charge is 0.321 e. The molecule has 0 radical (unpaired) electrons. The molecule has 9 heteroatoms. The number of Topliss-reactive ketones (excluding diaryl/α,β-unsaturated/α-hetero) is 1. The number of rotatable bonds is 9. The molecule has 2 atom stereocenters. The van der Waals surface area contributed by atoms with Crippen molar-refractivity contribution in [3.05, 3.63) is 64.0 Å². The van der Waals surface area contributed by atoms with Crippen LogP contribution in [-0.4, -0.2) is 69.3 Å². The van der Waals surface area contributed by atoms with Crippen LogP contribution in [0.5, 0.6) is 0 Å². The predicted octanol–water partition coefficient (Wildman–Crippen LogP) is 6.87. The Morgan fingerprint density at radius 3 is 2.47 bits per heavy atom. The van der Waals surface area contributed by atoms with Gasteiger partial charge in [-0.05, 0) is 89.1 Å². The van der Waals surface area contributed by atoms with Crippen LogP contribution in [0.3, 0.4) is 0 Å². The maximum Gasteiger partial charge on any atom is 0.321 e. The summed E-state index contributed by atoms with van der Waals surface area (Å²) in [7, 11) is 0. The Kier molecular flexibility index (Phi) is 9.75. The Morgan fingerprint density at radius 2 is 1.79 bits per heavy atom. The third-order valence-electron chi connectivity index (χ3n) is 9.84. The molecule has 0 N–H and O–H groups in total. The summed E-state index contributed by atoms with van der Waals surface area (Å²) in [5.74, 6) is -0.885. The van der Waals surface area contributed by atoms with Crippen molar-refractivity contribution in [2.75, 3.05) is 19.6 Å². The average molecular weight is 592 g/mol. The van der Waals surface area contributed by atoms with Crippen LogP contribution in [0.15, 0.2) is 24.3 Å². The number of aromatic nitrogens is 1. The molecule has 2 saturated heterocycles. The molecule has 3 aliphatic rings. The number of amides is 2. The first kappa shape index (κ1) is 31.1. The predicted molar refractivity (Wildman–Crippen MR) is 161 cm³/mol. The lowest BCUT2D eigenvalue weighted by atomic mass is 9.94. The quantitative estimate of drug-likeness (QED) is 0.298. The maximum atomic E-state index is 15.0. The standard InChI is InChI=1S/C34H43F2N5O2/c1-22-18-26(20-37)38-24(3)33(22)32(42)11-7-8-23(2)39-16-14-28(15-17-39)41-31(29-19-25(35)12-13-30(29)36)21-40(34(41)43)27-9-5-4-6-10-27/h12-13,18-19,23,27-28,31H,4-11,14-17,21H2,1-3H3. The van der Waals surface area contributed by atoms with Crippen molar-refractivity contribution in [1.82, 2.24) is 19.7 Å². The molecule has 1 saturated carbocycles. The first-order valence-electron chi connectivity index (χ1n) is 15.9. The Bertz CT molecular complexity index is 1350. The number of benzene rings is 1. The van der Waals surface area contributed by atoms with E-state index in [4.69, 9.17) is 5.26 Å². The molecule has 3 heterocycles. The molecule has 1 aromatic carbocycles. The second-order valence-electron chi connectivity index (χ2n) is 12.6. The molecule has 2 aromatic rings. The van der Waals surface area contributed by atoms with Gasteiger partial charge in [-0.15, -0.1) is 0 Å². The van der Waals surface area contributed by atoms with Gasteiger partial charge in [0, 0.05) is 61.0 Å². The second kappa shape index (κ2) is 13.5. The number of piperidine rings is 1. The monoisotopic (exact) mass is 591 g/mol. The van der Waals surface area contributed by atoms with Crippen molar-refractivity contribution in [1.29, 1.82) is 5.26 Å². The SMILES string of the molecule is Cc1cc(C#N)nc(C)c1C(=O)CCCC(C)N1CCC(N2C(=O)N(C3CCCCC3)CC2c2cc(F)ccc2F)CC1. The van der Waals surface area contributed by atoms with Crippen molar-refractivity contribution in [2.45, 2.75) is 109 Å². The van der Waals surface area contributed by atoms with Crippen molar-refractivity contribution in [3.63, 3.8) is 0 Å². The number of urea groups is 1. The van der Waals surface area contributed by atoms with Gasteiger partial charge in [0.2, 0.25) is 0 Å². The number of hydrogen-bond donors (Lipinski definition) is 0. The van der Waals surface area contributed by atoms with Gasteiger partial charge in [-0.2, -0.15) is 5.26 Å². The molecule has 0 spiro atoms. The molecule has 2 aliphatic heterocycles. The highest BCUT2D eigenvalue weighted by Crippen LogP contribution is 2.39. The van der Waals surface area contributed by atoms with Gasteiger partial charge in [-0.1, -0.05) is 19.3 Å². The summed E-state index contributed by atoms with van der Waals surface area (Å²) in [6.07, 6.45) is 8.91. The highest BCUT2D eigenvalue weighted by molar-refractivity contribution is 5.98. The molecule has 230 valence electrons. The Labute approximate surface area is 253 Å². The zero-order valence-corrected chi connectivity index (χ0v) is 25.6. The number of carbonyl (C=O) groups excluding carboxylic acids is 2. The molecule has 3 fully saturated rings. The molecule has 1 aromatic heterocycles. The summed E-state index contributed by atoms with van der Waals surface area (Å²) in [6, 6.07) is 7.16. The van der Waals surface area contributed by atoms with Crippen molar-refractivity contribution < 1.29 is 18.4 Å². The van der Waals surface area contributed by atoms with Crippen LogP contribution >= 0.6 is 0 Å². The second-order valence-corrected chi connectivity index (χ2v) is 12.6. The van der Waals surface area contributed by atoms with Gasteiger partial charge in [0.05, 0.1) is 6.04 Å². The van der Waals surface area contributed by atoms with Crippen LogP contribution < -0.4 is 0 Å². The van der Waals surface area contributed by atoms with E-state index in [0.717, 1.165) is 76.1 Å². The smallest absolute Gasteiger partial charge is 0.319 e. The molecule has 43 heavy (non-hydrogen) atoms. The van der Waals surface area contributed by atoms with Crippen molar-refractivity contribution in [3.8, 4) is 6.07 Å². The molecule has 2 amide bonds. The minimum Gasteiger partial charge on any atom is -0.319 e. The van der Waals surface area contributed by atoms with E-state index in [0.29, 0.717) is 29.9 Å². The number of likely N-dealkylation sites (tertiary alicyclic amines) is 1. The lowest BCUT2D eigenvalue weighted by Crippen LogP contribution is -2.50. The number of halogens is 2. The molecule has 2 unspecified atom stereocenters. The summed E-state index contributed by atoms with van der Waals surface area (Å²) >= 11 is 0.